The van der Waals surface area contributed by atoms with Gasteiger partial charge in [-0.3, -0.25) is 0 Å². The molecule has 3 N–H and O–H groups in total. The molecule has 0 radical (unpaired) electrons. The first-order valence-corrected chi connectivity index (χ1v) is 6.30. The number of anilines is 1. The lowest BCUT2D eigenvalue weighted by molar-refractivity contribution is 0.430. The van der Waals surface area contributed by atoms with E-state index in [1.165, 1.54) is 11.8 Å². The molecule has 18 heavy (non-hydrogen) atoms. The van der Waals surface area contributed by atoms with Gasteiger partial charge < -0.3 is 15.1 Å². The Labute approximate surface area is 108 Å². The second kappa shape index (κ2) is 4.06. The van der Waals surface area contributed by atoms with Crippen molar-refractivity contribution >= 4 is 28.5 Å². The van der Waals surface area contributed by atoms with Gasteiger partial charge in [-0.15, -0.1) is 0 Å². The van der Waals surface area contributed by atoms with E-state index in [1.807, 2.05) is 32.0 Å². The van der Waals surface area contributed by atoms with Crippen LogP contribution in [0.1, 0.15) is 11.5 Å². The van der Waals surface area contributed by atoms with Crippen LogP contribution in [-0.4, -0.2) is 15.0 Å². The molecule has 0 spiro atoms. The molecule has 0 aliphatic rings. The van der Waals surface area contributed by atoms with Gasteiger partial charge in [0.25, 0.3) is 5.22 Å². The number of rotatable bonds is 2. The molecule has 0 aliphatic carbocycles. The van der Waals surface area contributed by atoms with Gasteiger partial charge in [0.05, 0.1) is 16.7 Å². The summed E-state index contributed by atoms with van der Waals surface area (Å²) in [6, 6.07) is 5.58. The number of nitrogen functional groups attached to an aromatic ring is 1. The Morgan fingerprint density at radius 3 is 2.83 bits per heavy atom. The van der Waals surface area contributed by atoms with Crippen molar-refractivity contribution in [1.82, 2.24) is 15.0 Å². The van der Waals surface area contributed by atoms with Crippen LogP contribution in [0.15, 0.2) is 33.0 Å². The van der Waals surface area contributed by atoms with Gasteiger partial charge in [0.15, 0.2) is 5.16 Å². The van der Waals surface area contributed by atoms with Crippen LogP contribution in [0, 0.1) is 13.8 Å². The Morgan fingerprint density at radius 2 is 2.11 bits per heavy atom. The van der Waals surface area contributed by atoms with Crippen molar-refractivity contribution in [3.63, 3.8) is 0 Å². The molecule has 0 amide bonds. The van der Waals surface area contributed by atoms with Gasteiger partial charge in [-0.1, -0.05) is 0 Å². The van der Waals surface area contributed by atoms with Crippen LogP contribution >= 0.6 is 11.8 Å². The van der Waals surface area contributed by atoms with Crippen molar-refractivity contribution in [3.8, 4) is 0 Å². The van der Waals surface area contributed by atoms with Crippen LogP contribution in [0.25, 0.3) is 11.0 Å². The number of aromatic nitrogens is 3. The fourth-order valence-corrected chi connectivity index (χ4v) is 2.44. The summed E-state index contributed by atoms with van der Waals surface area (Å²) in [5.74, 6) is 0.831. The molecule has 0 unspecified atom stereocenters. The highest BCUT2D eigenvalue weighted by molar-refractivity contribution is 7.98. The fraction of sp³-hybridized carbons (Fsp3) is 0.167. The highest BCUT2D eigenvalue weighted by Gasteiger charge is 2.10. The molecule has 0 saturated carbocycles. The number of nitrogens with two attached hydrogens (primary N) is 1. The third-order valence-electron chi connectivity index (χ3n) is 2.68. The minimum absolute atomic E-state index is 0.594. The second-order valence-electron chi connectivity index (χ2n) is 4.04. The number of aromatic amines is 1. The third-order valence-corrected chi connectivity index (χ3v) is 3.41. The monoisotopic (exact) mass is 260 g/mol. The minimum atomic E-state index is 0.594. The quantitative estimate of drug-likeness (QED) is 0.692. The molecule has 3 aromatic rings. The summed E-state index contributed by atoms with van der Waals surface area (Å²) in [4.78, 5) is 11.9. The van der Waals surface area contributed by atoms with E-state index in [-0.39, 0.29) is 0 Å². The summed E-state index contributed by atoms with van der Waals surface area (Å²) in [5, 5.41) is 1.34. The number of aryl methyl sites for hydroxylation is 2. The van der Waals surface area contributed by atoms with Gasteiger partial charge >= 0.3 is 0 Å². The molecule has 2 heterocycles. The summed E-state index contributed by atoms with van der Waals surface area (Å²) < 4.78 is 5.51. The Morgan fingerprint density at radius 1 is 1.28 bits per heavy atom. The Bertz CT molecular complexity index is 697. The molecule has 1 aromatic carbocycles. The standard InChI is InChI=1S/C12H12N4OS/c1-6-7(2)17-12(14-6)18-11-15-9-4-3-8(13)5-10(9)16-11/h3-5H,13H2,1-2H3,(H,15,16). The molecule has 92 valence electrons. The third kappa shape index (κ3) is 1.95. The second-order valence-corrected chi connectivity index (χ2v) is 4.98. The largest absolute Gasteiger partial charge is 0.436 e. The van der Waals surface area contributed by atoms with Gasteiger partial charge in [-0.05, 0) is 32.0 Å². The van der Waals surface area contributed by atoms with Crippen molar-refractivity contribution in [2.45, 2.75) is 24.2 Å². The highest BCUT2D eigenvalue weighted by Crippen LogP contribution is 2.28. The highest BCUT2D eigenvalue weighted by atomic mass is 32.2. The van der Waals surface area contributed by atoms with Gasteiger partial charge in [-0.2, -0.15) is 0 Å². The SMILES string of the molecule is Cc1nc(Sc2nc3ccc(N)cc3[nH]2)oc1C. The lowest BCUT2D eigenvalue weighted by Gasteiger charge is -1.90. The maximum Gasteiger partial charge on any atom is 0.263 e. The van der Waals surface area contributed by atoms with E-state index in [0.29, 0.717) is 10.9 Å². The molecular formula is C12H12N4OS. The summed E-state index contributed by atoms with van der Waals surface area (Å²) >= 11 is 1.37. The van der Waals surface area contributed by atoms with Crippen molar-refractivity contribution in [1.29, 1.82) is 0 Å². The van der Waals surface area contributed by atoms with Crippen molar-refractivity contribution in [3.05, 3.63) is 29.7 Å². The lowest BCUT2D eigenvalue weighted by atomic mass is 10.3. The van der Waals surface area contributed by atoms with E-state index in [4.69, 9.17) is 10.2 Å². The fourth-order valence-electron chi connectivity index (χ4n) is 1.62. The summed E-state index contributed by atoms with van der Waals surface area (Å²) in [6.07, 6.45) is 0. The molecule has 0 bridgehead atoms. The number of nitrogens with one attached hydrogen (secondary N) is 1. The number of H-pyrrole nitrogens is 1. The maximum atomic E-state index is 5.72. The zero-order valence-corrected chi connectivity index (χ0v) is 10.8. The van der Waals surface area contributed by atoms with Crippen molar-refractivity contribution in [2.24, 2.45) is 0 Å². The van der Waals surface area contributed by atoms with E-state index < -0.39 is 0 Å². The lowest BCUT2D eigenvalue weighted by Crippen LogP contribution is -1.82. The average Bonchev–Trinajstić information content (AvgIpc) is 2.82. The van der Waals surface area contributed by atoms with Crippen LogP contribution in [0.5, 0.6) is 0 Å². The molecule has 3 rings (SSSR count). The van der Waals surface area contributed by atoms with Crippen LogP contribution in [-0.2, 0) is 0 Å². The zero-order valence-electron chi connectivity index (χ0n) is 10.0. The molecule has 2 aromatic heterocycles. The summed E-state index contributed by atoms with van der Waals surface area (Å²) in [5.41, 5.74) is 9.13. The molecule has 6 heteroatoms. The first-order valence-electron chi connectivity index (χ1n) is 5.49. The normalized spacial score (nSPS) is 11.2. The Hall–Kier alpha value is -1.95. The maximum absolute atomic E-state index is 5.72. The minimum Gasteiger partial charge on any atom is -0.436 e. The van der Waals surface area contributed by atoms with Gasteiger partial charge in [0.1, 0.15) is 5.76 Å². The topological polar surface area (TPSA) is 80.7 Å². The van der Waals surface area contributed by atoms with E-state index in [0.717, 1.165) is 27.6 Å². The summed E-state index contributed by atoms with van der Waals surface area (Å²) in [6.45, 7) is 3.81. The number of fused-ring (bicyclic) bond motifs is 1. The number of hydrogen-bond acceptors (Lipinski definition) is 5. The number of benzene rings is 1. The summed E-state index contributed by atoms with van der Waals surface area (Å²) in [7, 11) is 0. The van der Waals surface area contributed by atoms with Gasteiger partial charge in [0.2, 0.25) is 0 Å². The first kappa shape index (κ1) is 11.2. The Balaban J connectivity index is 1.95. The Kier molecular flexibility index (Phi) is 2.52. The smallest absolute Gasteiger partial charge is 0.263 e. The predicted octanol–water partition coefficient (Wildman–Crippen LogP) is 2.90. The van der Waals surface area contributed by atoms with Crippen LogP contribution in [0.4, 0.5) is 5.69 Å². The van der Waals surface area contributed by atoms with E-state index in [9.17, 15) is 0 Å². The van der Waals surface area contributed by atoms with Crippen LogP contribution in [0.3, 0.4) is 0 Å². The number of imidazole rings is 1. The van der Waals surface area contributed by atoms with E-state index in [2.05, 4.69) is 15.0 Å². The molecule has 5 nitrogen and oxygen atoms in total. The molecule has 0 fully saturated rings. The average molecular weight is 260 g/mol. The van der Waals surface area contributed by atoms with E-state index >= 15 is 0 Å². The molecule has 0 aliphatic heterocycles. The van der Waals surface area contributed by atoms with Crippen molar-refractivity contribution < 1.29 is 4.42 Å². The number of oxazole rings is 1. The van der Waals surface area contributed by atoms with Crippen LogP contribution in [0.2, 0.25) is 0 Å². The zero-order chi connectivity index (χ0) is 12.7. The molecule has 0 saturated heterocycles. The molecular weight excluding hydrogens is 248 g/mol. The van der Waals surface area contributed by atoms with Crippen LogP contribution < -0.4 is 5.73 Å². The predicted molar refractivity (Wildman–Crippen MR) is 70.6 cm³/mol. The van der Waals surface area contributed by atoms with E-state index in [1.54, 1.807) is 0 Å². The van der Waals surface area contributed by atoms with Gasteiger partial charge in [-0.25, -0.2) is 9.97 Å². The molecule has 0 atom stereocenters. The van der Waals surface area contributed by atoms with Crippen molar-refractivity contribution in [2.75, 3.05) is 5.73 Å². The number of hydrogen-bond donors (Lipinski definition) is 2. The first-order chi connectivity index (χ1) is 8.61. The van der Waals surface area contributed by atoms with Gasteiger partial charge in [0, 0.05) is 17.4 Å². The number of nitrogens with zero attached hydrogens (tertiary/aromatic N) is 2.